The Labute approximate surface area is 156 Å². The van der Waals surface area contributed by atoms with Crippen molar-refractivity contribution < 1.29 is 13.0 Å². The van der Waals surface area contributed by atoms with Crippen LogP contribution >= 0.6 is 0 Å². The molecule has 130 valence electrons. The predicted octanol–water partition coefficient (Wildman–Crippen LogP) is 3.50. The summed E-state index contributed by atoms with van der Waals surface area (Å²) in [5.41, 5.74) is 3.81. The third-order valence-corrected chi connectivity index (χ3v) is 4.39. The Morgan fingerprint density at radius 1 is 1.28 bits per heavy atom. The SMILES string of the molecule is [2H]C([2H])([2H])N(C(=O)c1cc(NCc2ccccc2C)c2nc(C)n(C)c2c1)C([2H])([2H])[2H]. The Hall–Kier alpha value is -2.82. The number of benzene rings is 2. The molecule has 0 atom stereocenters. The van der Waals surface area contributed by atoms with Gasteiger partial charge in [-0.2, -0.15) is 0 Å². The van der Waals surface area contributed by atoms with Crippen LogP contribution in [0.4, 0.5) is 5.69 Å². The average molecular weight is 342 g/mol. The van der Waals surface area contributed by atoms with Crippen LogP contribution in [0.5, 0.6) is 0 Å². The van der Waals surface area contributed by atoms with Gasteiger partial charge in [-0.3, -0.25) is 4.79 Å². The van der Waals surface area contributed by atoms with Crippen LogP contribution in [-0.2, 0) is 13.6 Å². The molecule has 1 heterocycles. The molecule has 5 nitrogen and oxygen atoms in total. The lowest BCUT2D eigenvalue weighted by atomic mass is 10.1. The van der Waals surface area contributed by atoms with Gasteiger partial charge < -0.3 is 14.8 Å². The number of nitrogens with zero attached hydrogens (tertiary/aromatic N) is 3. The number of amides is 1. The summed E-state index contributed by atoms with van der Waals surface area (Å²) in [5, 5.41) is 3.27. The summed E-state index contributed by atoms with van der Waals surface area (Å²) < 4.78 is 47.1. The summed E-state index contributed by atoms with van der Waals surface area (Å²) in [4.78, 5) is 17.5. The lowest BCUT2D eigenvalue weighted by Crippen LogP contribution is -2.21. The smallest absolute Gasteiger partial charge is 0.253 e. The summed E-state index contributed by atoms with van der Waals surface area (Å²) in [5.74, 6) is -0.401. The number of carbonyl (C=O) groups is 1. The summed E-state index contributed by atoms with van der Waals surface area (Å²) in [6.45, 7) is -1.98. The van der Waals surface area contributed by atoms with E-state index in [9.17, 15) is 4.79 Å². The van der Waals surface area contributed by atoms with E-state index in [0.717, 1.165) is 11.1 Å². The highest BCUT2D eigenvalue weighted by molar-refractivity contribution is 6.01. The summed E-state index contributed by atoms with van der Waals surface area (Å²) >= 11 is 0. The molecule has 0 radical (unpaired) electrons. The van der Waals surface area contributed by atoms with E-state index < -0.39 is 19.9 Å². The number of aromatic nitrogens is 2. The summed E-state index contributed by atoms with van der Waals surface area (Å²) in [7, 11) is 1.77. The molecule has 3 aromatic rings. The fraction of sp³-hybridized carbons (Fsp3) is 0.300. The molecule has 0 saturated heterocycles. The average Bonchev–Trinajstić information content (AvgIpc) is 2.93. The Balaban J connectivity index is 2.10. The fourth-order valence-electron chi connectivity index (χ4n) is 2.79. The standard InChI is InChI=1S/C20H24N4O/c1-13-8-6-7-9-15(13)12-21-17-10-16(20(25)23(3)4)11-18-19(17)22-14(2)24(18)5/h6-11,21H,12H2,1-5H3/i3D3,4D3. The maximum Gasteiger partial charge on any atom is 0.253 e. The van der Waals surface area contributed by atoms with Gasteiger partial charge in [-0.25, -0.2) is 4.98 Å². The first kappa shape index (κ1) is 10.9. The Bertz CT molecular complexity index is 1120. The maximum atomic E-state index is 13.0. The monoisotopic (exact) mass is 342 g/mol. The second-order valence-electron chi connectivity index (χ2n) is 6.03. The van der Waals surface area contributed by atoms with Crippen LogP contribution in [0, 0.1) is 13.8 Å². The van der Waals surface area contributed by atoms with E-state index in [0.29, 0.717) is 29.1 Å². The van der Waals surface area contributed by atoms with E-state index in [1.165, 1.54) is 12.1 Å². The lowest BCUT2D eigenvalue weighted by Gasteiger charge is -2.14. The zero-order valence-corrected chi connectivity index (χ0v) is 14.4. The number of imidazole rings is 1. The third-order valence-electron chi connectivity index (χ3n) is 4.39. The van der Waals surface area contributed by atoms with E-state index in [-0.39, 0.29) is 10.5 Å². The van der Waals surface area contributed by atoms with Gasteiger partial charge in [0.15, 0.2) is 0 Å². The molecule has 0 spiro atoms. The number of rotatable bonds is 4. The second kappa shape index (κ2) is 6.59. The van der Waals surface area contributed by atoms with Crippen molar-refractivity contribution in [3.63, 3.8) is 0 Å². The molecule has 1 aromatic heterocycles. The van der Waals surface area contributed by atoms with Crippen molar-refractivity contribution in [2.24, 2.45) is 7.05 Å². The zero-order valence-electron chi connectivity index (χ0n) is 20.4. The van der Waals surface area contributed by atoms with E-state index in [1.807, 2.05) is 38.1 Å². The van der Waals surface area contributed by atoms with Crippen LogP contribution in [0.3, 0.4) is 0 Å². The molecule has 1 N–H and O–H groups in total. The number of aryl methyl sites for hydroxylation is 3. The normalized spacial score (nSPS) is 15.5. The van der Waals surface area contributed by atoms with E-state index in [4.69, 9.17) is 8.22 Å². The largest absolute Gasteiger partial charge is 0.379 e. The molecular weight excluding hydrogens is 312 g/mol. The van der Waals surface area contributed by atoms with Crippen molar-refractivity contribution in [1.29, 1.82) is 0 Å². The van der Waals surface area contributed by atoms with Crippen molar-refractivity contribution in [2.75, 3.05) is 19.3 Å². The quantitative estimate of drug-likeness (QED) is 0.789. The van der Waals surface area contributed by atoms with Crippen LogP contribution in [0.15, 0.2) is 36.4 Å². The fourth-order valence-corrected chi connectivity index (χ4v) is 2.79. The van der Waals surface area contributed by atoms with Gasteiger partial charge in [0.05, 0.1) is 11.2 Å². The van der Waals surface area contributed by atoms with Gasteiger partial charge in [-0.05, 0) is 37.1 Å². The topological polar surface area (TPSA) is 50.2 Å². The number of carbonyl (C=O) groups excluding carboxylic acids is 1. The van der Waals surface area contributed by atoms with Gasteiger partial charge in [0.25, 0.3) is 5.91 Å². The molecule has 2 aromatic carbocycles. The highest BCUT2D eigenvalue weighted by atomic mass is 16.2. The Morgan fingerprint density at radius 2 is 2.04 bits per heavy atom. The van der Waals surface area contributed by atoms with Crippen LogP contribution in [0.2, 0.25) is 0 Å². The molecule has 1 amide bonds. The zero-order chi connectivity index (χ0) is 23.1. The van der Waals surface area contributed by atoms with Gasteiger partial charge in [0, 0.05) is 41.3 Å². The van der Waals surface area contributed by atoms with Gasteiger partial charge in [0.2, 0.25) is 0 Å². The number of nitrogens with one attached hydrogen (secondary N) is 1. The maximum absolute atomic E-state index is 13.0. The molecule has 0 aliphatic carbocycles. The Morgan fingerprint density at radius 3 is 2.76 bits per heavy atom. The van der Waals surface area contributed by atoms with Gasteiger partial charge in [0.1, 0.15) is 11.3 Å². The molecule has 0 bridgehead atoms. The molecule has 5 heteroatoms. The first-order valence-corrected chi connectivity index (χ1v) is 7.91. The minimum absolute atomic E-state index is 0.0322. The van der Waals surface area contributed by atoms with Crippen LogP contribution in [0.25, 0.3) is 11.0 Å². The number of fused-ring (bicyclic) bond motifs is 1. The van der Waals surface area contributed by atoms with Gasteiger partial charge in [-0.1, -0.05) is 24.3 Å². The summed E-state index contributed by atoms with van der Waals surface area (Å²) in [6, 6.07) is 10.8. The molecular formula is C20H24N4O. The van der Waals surface area contributed by atoms with Gasteiger partial charge >= 0.3 is 0 Å². The number of hydrogen-bond donors (Lipinski definition) is 1. The van der Waals surface area contributed by atoms with Crippen LogP contribution in [0.1, 0.15) is 35.5 Å². The molecule has 0 fully saturated rings. The lowest BCUT2D eigenvalue weighted by molar-refractivity contribution is 0.0828. The highest BCUT2D eigenvalue weighted by Crippen LogP contribution is 2.27. The molecule has 0 aliphatic rings. The first-order valence-electron chi connectivity index (χ1n) is 10.9. The van der Waals surface area contributed by atoms with Crippen molar-refractivity contribution in [2.45, 2.75) is 20.4 Å². The minimum atomic E-state index is -3.12. The first-order chi connectivity index (χ1) is 14.3. The number of hydrogen-bond acceptors (Lipinski definition) is 3. The third kappa shape index (κ3) is 3.22. The molecule has 3 rings (SSSR count). The number of anilines is 1. The van der Waals surface area contributed by atoms with Crippen LogP contribution in [-0.4, -0.2) is 34.3 Å². The predicted molar refractivity (Wildman–Crippen MR) is 102 cm³/mol. The van der Waals surface area contributed by atoms with E-state index in [2.05, 4.69) is 10.3 Å². The van der Waals surface area contributed by atoms with Crippen molar-refractivity contribution >= 4 is 22.6 Å². The van der Waals surface area contributed by atoms with Crippen molar-refractivity contribution in [3.05, 3.63) is 58.9 Å². The van der Waals surface area contributed by atoms with Crippen molar-refractivity contribution in [3.8, 4) is 0 Å². The molecule has 0 saturated carbocycles. The Kier molecular flexibility index (Phi) is 2.88. The molecule has 25 heavy (non-hydrogen) atoms. The minimum Gasteiger partial charge on any atom is -0.379 e. The molecule has 0 unspecified atom stereocenters. The van der Waals surface area contributed by atoms with Crippen molar-refractivity contribution in [1.82, 2.24) is 14.5 Å². The van der Waals surface area contributed by atoms with E-state index >= 15 is 0 Å². The molecule has 0 aliphatic heterocycles. The highest BCUT2D eigenvalue weighted by Gasteiger charge is 2.16. The van der Waals surface area contributed by atoms with Gasteiger partial charge in [-0.15, -0.1) is 0 Å². The van der Waals surface area contributed by atoms with Crippen LogP contribution < -0.4 is 5.32 Å². The second-order valence-corrected chi connectivity index (χ2v) is 6.03. The summed E-state index contributed by atoms with van der Waals surface area (Å²) in [6.07, 6.45) is 0. The van der Waals surface area contributed by atoms with E-state index in [1.54, 1.807) is 11.6 Å².